The molecular formula is C24H15ClFN3O3S3. The number of halogens is 2. The summed E-state index contributed by atoms with van der Waals surface area (Å²) in [5, 5.41) is 21.6. The molecule has 1 atom stereocenters. The van der Waals surface area contributed by atoms with Crippen LogP contribution in [0.5, 0.6) is 0 Å². The van der Waals surface area contributed by atoms with Crippen molar-refractivity contribution in [3.63, 3.8) is 0 Å². The van der Waals surface area contributed by atoms with Crippen LogP contribution in [0.1, 0.15) is 26.8 Å². The van der Waals surface area contributed by atoms with E-state index >= 15 is 0 Å². The molecule has 6 nitrogen and oxygen atoms in total. The fraction of sp³-hybridized carbons (Fsp3) is 0.0833. The predicted molar refractivity (Wildman–Crippen MR) is 136 cm³/mol. The summed E-state index contributed by atoms with van der Waals surface area (Å²) in [6, 6.07) is 15.4. The number of carbonyl (C=O) groups excluding carboxylic acids is 2. The van der Waals surface area contributed by atoms with Crippen molar-refractivity contribution in [1.29, 1.82) is 0 Å². The molecule has 3 heterocycles. The lowest BCUT2D eigenvalue weighted by atomic mass is 9.95. The number of aliphatic hydroxyl groups excluding tert-OH is 1. The lowest BCUT2D eigenvalue weighted by molar-refractivity contribution is -0.117. The van der Waals surface area contributed by atoms with Crippen LogP contribution < -0.4 is 4.90 Å². The molecule has 35 heavy (non-hydrogen) atoms. The standard InChI is InChI=1S/C24H15ClFN3O3S3/c25-15-7-5-14(6-8-15)19-18(20(30)17-2-1-11-33-17)21(31)22(32)29(19)23-27-28-24(35-23)34-12-13-3-9-16(26)10-4-13/h1-11,19,31H,12H2. The van der Waals surface area contributed by atoms with Crippen LogP contribution in [0.4, 0.5) is 9.52 Å². The Kier molecular flexibility index (Phi) is 6.70. The van der Waals surface area contributed by atoms with Gasteiger partial charge in [-0.25, -0.2) is 4.39 Å². The number of ketones is 1. The zero-order chi connectivity index (χ0) is 24.5. The molecule has 0 spiro atoms. The number of thiophene rings is 1. The highest BCUT2D eigenvalue weighted by molar-refractivity contribution is 8.00. The van der Waals surface area contributed by atoms with E-state index in [4.69, 9.17) is 11.6 Å². The smallest absolute Gasteiger partial charge is 0.296 e. The van der Waals surface area contributed by atoms with Crippen LogP contribution >= 0.6 is 46.0 Å². The SMILES string of the molecule is O=C(C1=C(O)C(=O)N(c2nnc(SCc3ccc(F)cc3)s2)C1c1ccc(Cl)cc1)c1cccs1. The number of thioether (sulfide) groups is 1. The zero-order valence-corrected chi connectivity index (χ0v) is 20.9. The van der Waals surface area contributed by atoms with E-state index in [1.807, 2.05) is 0 Å². The van der Waals surface area contributed by atoms with Crippen molar-refractivity contribution in [3.05, 3.63) is 104 Å². The monoisotopic (exact) mass is 543 g/mol. The summed E-state index contributed by atoms with van der Waals surface area (Å²) < 4.78 is 13.7. The maximum atomic E-state index is 13.3. The first-order valence-electron chi connectivity index (χ1n) is 10.2. The van der Waals surface area contributed by atoms with E-state index < -0.39 is 23.5 Å². The molecule has 4 aromatic rings. The Morgan fingerprint density at radius 3 is 2.54 bits per heavy atom. The number of rotatable bonds is 7. The predicted octanol–water partition coefficient (Wildman–Crippen LogP) is 6.47. The first-order chi connectivity index (χ1) is 16.9. The number of anilines is 1. The van der Waals surface area contributed by atoms with Crippen molar-refractivity contribution >= 4 is 62.9 Å². The Bertz CT molecular complexity index is 1420. The molecule has 1 amide bonds. The van der Waals surface area contributed by atoms with Crippen molar-refractivity contribution in [2.24, 2.45) is 0 Å². The van der Waals surface area contributed by atoms with E-state index in [0.29, 0.717) is 25.6 Å². The molecule has 1 aliphatic heterocycles. The average Bonchev–Trinajstić information content (AvgIpc) is 3.60. The first kappa shape index (κ1) is 23.7. The normalized spacial score (nSPS) is 15.8. The van der Waals surface area contributed by atoms with Crippen molar-refractivity contribution in [3.8, 4) is 0 Å². The average molecular weight is 544 g/mol. The van der Waals surface area contributed by atoms with E-state index in [-0.39, 0.29) is 16.5 Å². The molecular weight excluding hydrogens is 529 g/mol. The van der Waals surface area contributed by atoms with Crippen LogP contribution in [-0.2, 0) is 10.5 Å². The molecule has 2 aromatic carbocycles. The maximum Gasteiger partial charge on any atom is 0.296 e. The van der Waals surface area contributed by atoms with E-state index in [2.05, 4.69) is 10.2 Å². The largest absolute Gasteiger partial charge is 0.503 e. The highest BCUT2D eigenvalue weighted by atomic mass is 35.5. The van der Waals surface area contributed by atoms with Gasteiger partial charge in [0.15, 0.2) is 10.1 Å². The molecule has 0 aliphatic carbocycles. The van der Waals surface area contributed by atoms with Gasteiger partial charge in [0, 0.05) is 10.8 Å². The Morgan fingerprint density at radius 2 is 1.86 bits per heavy atom. The van der Waals surface area contributed by atoms with Gasteiger partial charge in [0.1, 0.15) is 5.82 Å². The van der Waals surface area contributed by atoms with Crippen LogP contribution in [0.25, 0.3) is 0 Å². The maximum absolute atomic E-state index is 13.3. The summed E-state index contributed by atoms with van der Waals surface area (Å²) >= 11 is 9.85. The molecule has 11 heteroatoms. The van der Waals surface area contributed by atoms with Gasteiger partial charge in [0.05, 0.1) is 16.5 Å². The number of nitrogens with zero attached hydrogens (tertiary/aromatic N) is 3. The molecule has 1 unspecified atom stereocenters. The van der Waals surface area contributed by atoms with Gasteiger partial charge in [-0.1, -0.05) is 65.0 Å². The summed E-state index contributed by atoms with van der Waals surface area (Å²) in [7, 11) is 0. The third kappa shape index (κ3) is 4.74. The molecule has 1 N–H and O–H groups in total. The Morgan fingerprint density at radius 1 is 1.11 bits per heavy atom. The molecule has 1 aliphatic rings. The second-order valence-corrected chi connectivity index (χ2v) is 11.0. The minimum Gasteiger partial charge on any atom is -0.503 e. The number of Topliss-reactive ketones (excluding diaryl/α,β-unsaturated/α-hetero) is 1. The van der Waals surface area contributed by atoms with Gasteiger partial charge in [0.2, 0.25) is 10.9 Å². The third-order valence-corrected chi connectivity index (χ3v) is 8.51. The van der Waals surface area contributed by atoms with Gasteiger partial charge in [0.25, 0.3) is 5.91 Å². The molecule has 0 bridgehead atoms. The molecule has 0 radical (unpaired) electrons. The summed E-state index contributed by atoms with van der Waals surface area (Å²) in [6.07, 6.45) is 0. The second kappa shape index (κ2) is 9.90. The minimum atomic E-state index is -0.891. The molecule has 5 rings (SSSR count). The van der Waals surface area contributed by atoms with E-state index in [1.54, 1.807) is 53.9 Å². The molecule has 0 saturated heterocycles. The Balaban J connectivity index is 1.48. The van der Waals surface area contributed by atoms with Crippen molar-refractivity contribution in [1.82, 2.24) is 10.2 Å². The lowest BCUT2D eigenvalue weighted by Crippen LogP contribution is -2.31. The van der Waals surface area contributed by atoms with Crippen LogP contribution in [0.2, 0.25) is 5.02 Å². The topological polar surface area (TPSA) is 83.4 Å². The van der Waals surface area contributed by atoms with Gasteiger partial charge in [-0.15, -0.1) is 21.5 Å². The summed E-state index contributed by atoms with van der Waals surface area (Å²) in [4.78, 5) is 28.2. The third-order valence-electron chi connectivity index (χ3n) is 5.26. The fourth-order valence-corrected chi connectivity index (χ4v) is 6.25. The fourth-order valence-electron chi connectivity index (χ4n) is 3.62. The quantitative estimate of drug-likeness (QED) is 0.163. The van der Waals surface area contributed by atoms with Gasteiger partial charge in [-0.05, 0) is 46.8 Å². The highest BCUT2D eigenvalue weighted by Gasteiger charge is 2.46. The second-order valence-electron chi connectivity index (χ2n) is 7.46. The van der Waals surface area contributed by atoms with Crippen molar-refractivity contribution in [2.45, 2.75) is 16.1 Å². The summed E-state index contributed by atoms with van der Waals surface area (Å²) in [6.45, 7) is 0. The number of hydrogen-bond donors (Lipinski definition) is 1. The molecule has 0 fully saturated rings. The Labute approximate surface area is 216 Å². The number of carbonyl (C=O) groups is 2. The van der Waals surface area contributed by atoms with Crippen molar-refractivity contribution in [2.75, 3.05) is 4.90 Å². The molecule has 2 aromatic heterocycles. The van der Waals surface area contributed by atoms with Crippen LogP contribution in [0.3, 0.4) is 0 Å². The van der Waals surface area contributed by atoms with Gasteiger partial charge >= 0.3 is 0 Å². The zero-order valence-electron chi connectivity index (χ0n) is 17.7. The Hall–Kier alpha value is -3.05. The number of aliphatic hydroxyl groups is 1. The van der Waals surface area contributed by atoms with Crippen LogP contribution in [-0.4, -0.2) is 27.0 Å². The van der Waals surface area contributed by atoms with Gasteiger partial charge in [-0.2, -0.15) is 0 Å². The van der Waals surface area contributed by atoms with Crippen LogP contribution in [0.15, 0.2) is 81.7 Å². The summed E-state index contributed by atoms with van der Waals surface area (Å²) in [5.41, 5.74) is 1.49. The summed E-state index contributed by atoms with van der Waals surface area (Å²) in [5.74, 6) is -1.54. The van der Waals surface area contributed by atoms with Gasteiger partial charge in [-0.3, -0.25) is 14.5 Å². The van der Waals surface area contributed by atoms with Gasteiger partial charge < -0.3 is 5.11 Å². The number of amides is 1. The number of aromatic nitrogens is 2. The van der Waals surface area contributed by atoms with Crippen LogP contribution in [0, 0.1) is 5.82 Å². The van der Waals surface area contributed by atoms with E-state index in [0.717, 1.165) is 5.56 Å². The molecule has 176 valence electrons. The number of benzene rings is 2. The van der Waals surface area contributed by atoms with Crippen molar-refractivity contribution < 1.29 is 19.1 Å². The first-order valence-corrected chi connectivity index (χ1v) is 13.3. The minimum absolute atomic E-state index is 0.0181. The highest BCUT2D eigenvalue weighted by Crippen LogP contribution is 2.44. The molecule has 0 saturated carbocycles. The number of hydrogen-bond acceptors (Lipinski definition) is 8. The van der Waals surface area contributed by atoms with E-state index in [9.17, 15) is 19.1 Å². The lowest BCUT2D eigenvalue weighted by Gasteiger charge is -2.24. The van der Waals surface area contributed by atoms with E-state index in [1.165, 1.54) is 51.5 Å².